The Balaban J connectivity index is 1.72. The number of rotatable bonds is 4. The van der Waals surface area contributed by atoms with Gasteiger partial charge in [-0.05, 0) is 59.1 Å². The zero-order chi connectivity index (χ0) is 18.7. The van der Waals surface area contributed by atoms with Crippen molar-refractivity contribution in [1.82, 2.24) is 9.29 Å². The van der Waals surface area contributed by atoms with Gasteiger partial charge in [0, 0.05) is 28.8 Å². The van der Waals surface area contributed by atoms with Gasteiger partial charge in [0.1, 0.15) is 5.82 Å². The molecule has 1 unspecified atom stereocenters. The van der Waals surface area contributed by atoms with Crippen LogP contribution in [0.25, 0.3) is 0 Å². The van der Waals surface area contributed by atoms with Gasteiger partial charge in [-0.15, -0.1) is 0 Å². The Labute approximate surface area is 165 Å². The molecule has 1 aliphatic heterocycles. The molecule has 2 heterocycles. The lowest BCUT2D eigenvalue weighted by Crippen LogP contribution is -2.43. The number of aromatic nitrogens is 1. The van der Waals surface area contributed by atoms with Crippen LogP contribution in [0.2, 0.25) is 5.02 Å². The number of nitrogens with one attached hydrogen (secondary N) is 1. The summed E-state index contributed by atoms with van der Waals surface area (Å²) < 4.78 is 27.8. The Kier molecular flexibility index (Phi) is 5.96. The minimum absolute atomic E-state index is 0.136. The molecular weight excluding hydrogens is 442 g/mol. The van der Waals surface area contributed by atoms with E-state index in [1.165, 1.54) is 16.4 Å². The van der Waals surface area contributed by atoms with E-state index in [0.717, 1.165) is 4.47 Å². The molecule has 3 rings (SSSR count). The number of hydrogen-bond donors (Lipinski definition) is 1. The van der Waals surface area contributed by atoms with Crippen LogP contribution in [-0.2, 0) is 14.8 Å². The van der Waals surface area contributed by atoms with E-state index >= 15 is 0 Å². The molecule has 26 heavy (non-hydrogen) atoms. The summed E-state index contributed by atoms with van der Waals surface area (Å²) in [7, 11) is -3.68. The van der Waals surface area contributed by atoms with Gasteiger partial charge in [0.25, 0.3) is 0 Å². The summed E-state index contributed by atoms with van der Waals surface area (Å²) in [5.41, 5.74) is 0. The summed E-state index contributed by atoms with van der Waals surface area (Å²) in [5.74, 6) is -0.220. The van der Waals surface area contributed by atoms with E-state index in [1.54, 1.807) is 30.5 Å². The molecule has 1 saturated heterocycles. The van der Waals surface area contributed by atoms with Crippen LogP contribution in [0.1, 0.15) is 12.8 Å². The van der Waals surface area contributed by atoms with Gasteiger partial charge in [0.05, 0.1) is 10.8 Å². The lowest BCUT2D eigenvalue weighted by molar-refractivity contribution is -0.120. The SMILES string of the molecule is O=C(Nc1ccc(Br)cn1)C1CCCN(S(=O)(=O)c2cccc(Cl)c2)C1. The zero-order valence-electron chi connectivity index (χ0n) is 13.7. The minimum Gasteiger partial charge on any atom is -0.310 e. The molecule has 0 radical (unpaired) electrons. The summed E-state index contributed by atoms with van der Waals surface area (Å²) in [6, 6.07) is 9.62. The maximum Gasteiger partial charge on any atom is 0.243 e. The molecule has 1 aromatic heterocycles. The van der Waals surface area contributed by atoms with Gasteiger partial charge in [0.15, 0.2) is 0 Å². The van der Waals surface area contributed by atoms with E-state index in [2.05, 4.69) is 26.2 Å². The Morgan fingerprint density at radius 2 is 2.12 bits per heavy atom. The van der Waals surface area contributed by atoms with Crippen LogP contribution in [0.4, 0.5) is 5.82 Å². The summed E-state index contributed by atoms with van der Waals surface area (Å²) in [5, 5.41) is 3.11. The molecule has 6 nitrogen and oxygen atoms in total. The lowest BCUT2D eigenvalue weighted by Gasteiger charge is -2.31. The van der Waals surface area contributed by atoms with Crippen LogP contribution in [-0.4, -0.2) is 36.7 Å². The average Bonchev–Trinajstić information content (AvgIpc) is 2.63. The van der Waals surface area contributed by atoms with Crippen molar-refractivity contribution < 1.29 is 13.2 Å². The predicted molar refractivity (Wildman–Crippen MR) is 104 cm³/mol. The zero-order valence-corrected chi connectivity index (χ0v) is 16.9. The highest BCUT2D eigenvalue weighted by Gasteiger charge is 2.33. The van der Waals surface area contributed by atoms with Gasteiger partial charge >= 0.3 is 0 Å². The number of carbonyl (C=O) groups is 1. The Morgan fingerprint density at radius 1 is 1.31 bits per heavy atom. The van der Waals surface area contributed by atoms with Crippen molar-refractivity contribution >= 4 is 49.3 Å². The number of hydrogen-bond acceptors (Lipinski definition) is 4. The summed E-state index contributed by atoms with van der Waals surface area (Å²) >= 11 is 9.20. The Bertz CT molecular complexity index is 906. The van der Waals surface area contributed by atoms with Crippen LogP contribution in [0.15, 0.2) is 52.0 Å². The monoisotopic (exact) mass is 457 g/mol. The number of amides is 1. The fourth-order valence-electron chi connectivity index (χ4n) is 2.83. The summed E-state index contributed by atoms with van der Waals surface area (Å²) in [6.45, 7) is 0.520. The molecular formula is C17H17BrClN3O3S. The highest BCUT2D eigenvalue weighted by atomic mass is 79.9. The van der Waals surface area contributed by atoms with Gasteiger partial charge in [-0.25, -0.2) is 13.4 Å². The van der Waals surface area contributed by atoms with E-state index in [-0.39, 0.29) is 17.3 Å². The van der Waals surface area contributed by atoms with Crippen molar-refractivity contribution in [1.29, 1.82) is 0 Å². The van der Waals surface area contributed by atoms with Crippen molar-refractivity contribution in [2.45, 2.75) is 17.7 Å². The summed E-state index contributed by atoms with van der Waals surface area (Å²) in [6.07, 6.45) is 2.84. The molecule has 1 aromatic carbocycles. The van der Waals surface area contributed by atoms with Crippen LogP contribution >= 0.6 is 27.5 Å². The number of halogens is 2. The number of piperidine rings is 1. The third kappa shape index (κ3) is 4.43. The van der Waals surface area contributed by atoms with Gasteiger partial charge < -0.3 is 5.32 Å². The maximum absolute atomic E-state index is 12.8. The van der Waals surface area contributed by atoms with E-state index < -0.39 is 15.9 Å². The third-order valence-electron chi connectivity index (χ3n) is 4.17. The number of sulfonamides is 1. The molecule has 0 spiro atoms. The largest absolute Gasteiger partial charge is 0.310 e. The maximum atomic E-state index is 12.8. The molecule has 9 heteroatoms. The second kappa shape index (κ2) is 8.04. The van der Waals surface area contributed by atoms with Gasteiger partial charge in [-0.3, -0.25) is 4.79 Å². The quantitative estimate of drug-likeness (QED) is 0.760. The smallest absolute Gasteiger partial charge is 0.243 e. The fourth-order valence-corrected chi connectivity index (χ4v) is 4.89. The molecule has 1 fully saturated rings. The van der Waals surface area contributed by atoms with E-state index in [1.807, 2.05) is 0 Å². The van der Waals surface area contributed by atoms with Crippen LogP contribution in [0.3, 0.4) is 0 Å². The predicted octanol–water partition coefficient (Wildman–Crippen LogP) is 3.54. The molecule has 2 aromatic rings. The average molecular weight is 459 g/mol. The Hall–Kier alpha value is -1.48. The van der Waals surface area contributed by atoms with E-state index in [4.69, 9.17) is 11.6 Å². The first-order valence-electron chi connectivity index (χ1n) is 8.04. The van der Waals surface area contributed by atoms with Gasteiger partial charge in [0.2, 0.25) is 15.9 Å². The van der Waals surface area contributed by atoms with Crippen LogP contribution in [0, 0.1) is 5.92 Å². The van der Waals surface area contributed by atoms with Crippen molar-refractivity contribution in [2.75, 3.05) is 18.4 Å². The first-order valence-corrected chi connectivity index (χ1v) is 10.7. The molecule has 0 saturated carbocycles. The molecule has 0 bridgehead atoms. The standard InChI is InChI=1S/C17H17BrClN3O3S/c18-13-6-7-16(20-10-13)21-17(23)12-3-2-8-22(11-12)26(24,25)15-5-1-4-14(19)9-15/h1,4-7,9-10,12H,2-3,8,11H2,(H,20,21,23). The molecule has 1 aliphatic rings. The molecule has 1 atom stereocenters. The second-order valence-corrected chi connectivity index (χ2v) is 9.30. The number of nitrogens with zero attached hydrogens (tertiary/aromatic N) is 2. The fraction of sp³-hybridized carbons (Fsp3) is 0.294. The number of pyridine rings is 1. The third-order valence-corrected chi connectivity index (χ3v) is 6.73. The van der Waals surface area contributed by atoms with Crippen molar-refractivity contribution in [3.63, 3.8) is 0 Å². The Morgan fingerprint density at radius 3 is 2.81 bits per heavy atom. The summed E-state index contributed by atoms with van der Waals surface area (Å²) in [4.78, 5) is 16.8. The number of anilines is 1. The van der Waals surface area contributed by atoms with E-state index in [9.17, 15) is 13.2 Å². The van der Waals surface area contributed by atoms with Gasteiger partial charge in [-0.1, -0.05) is 17.7 Å². The molecule has 1 N–H and O–H groups in total. The highest BCUT2D eigenvalue weighted by Crippen LogP contribution is 2.26. The minimum atomic E-state index is -3.68. The first-order chi connectivity index (χ1) is 12.4. The van der Waals surface area contributed by atoms with Crippen molar-refractivity contribution in [3.05, 3.63) is 52.1 Å². The first kappa shape index (κ1) is 19.3. The second-order valence-electron chi connectivity index (χ2n) is 6.01. The molecule has 138 valence electrons. The van der Waals surface area contributed by atoms with Crippen LogP contribution < -0.4 is 5.32 Å². The normalized spacial score (nSPS) is 18.5. The lowest BCUT2D eigenvalue weighted by atomic mass is 9.99. The van der Waals surface area contributed by atoms with Gasteiger partial charge in [-0.2, -0.15) is 4.31 Å². The molecule has 1 amide bonds. The number of carbonyl (C=O) groups excluding carboxylic acids is 1. The number of benzene rings is 1. The topological polar surface area (TPSA) is 79.4 Å². The highest BCUT2D eigenvalue weighted by molar-refractivity contribution is 9.10. The van der Waals surface area contributed by atoms with E-state index in [0.29, 0.717) is 30.2 Å². The molecule has 0 aliphatic carbocycles. The van der Waals surface area contributed by atoms with Crippen molar-refractivity contribution in [2.24, 2.45) is 5.92 Å². The van der Waals surface area contributed by atoms with Crippen LogP contribution in [0.5, 0.6) is 0 Å². The van der Waals surface area contributed by atoms with Crippen molar-refractivity contribution in [3.8, 4) is 0 Å².